The Balaban J connectivity index is 2.29. The molecule has 0 amide bonds. The second-order valence-electron chi connectivity index (χ2n) is 2.21. The highest BCUT2D eigenvalue weighted by Crippen LogP contribution is 2.31. The molecule has 0 saturated heterocycles. The standard InChI is InChI=1S/C5H9ClO/c6-4-5(7)2-1-3-5/h7H,1-4H2. The summed E-state index contributed by atoms with van der Waals surface area (Å²) in [5.74, 6) is 0.410. The SMILES string of the molecule is OC1(CCl)CCC1. The van der Waals surface area contributed by atoms with Gasteiger partial charge in [-0.3, -0.25) is 0 Å². The second kappa shape index (κ2) is 1.64. The number of hydrogen-bond acceptors (Lipinski definition) is 1. The molecule has 0 aliphatic heterocycles. The van der Waals surface area contributed by atoms with Gasteiger partial charge in [0.1, 0.15) is 0 Å². The monoisotopic (exact) mass is 120 g/mol. The summed E-state index contributed by atoms with van der Waals surface area (Å²) in [6.45, 7) is 0. The predicted octanol–water partition coefficient (Wildman–Crippen LogP) is 1.14. The average Bonchev–Trinajstić information content (AvgIpc) is 1.61. The number of alkyl halides is 1. The normalized spacial score (nSPS) is 26.6. The number of halogens is 1. The van der Waals surface area contributed by atoms with Crippen LogP contribution in [0.15, 0.2) is 0 Å². The minimum atomic E-state index is -0.471. The highest BCUT2D eigenvalue weighted by atomic mass is 35.5. The van der Waals surface area contributed by atoms with E-state index in [9.17, 15) is 0 Å². The number of aliphatic hydroxyl groups is 1. The Morgan fingerprint density at radius 2 is 2.14 bits per heavy atom. The molecular weight excluding hydrogens is 112 g/mol. The molecule has 0 unspecified atom stereocenters. The average molecular weight is 121 g/mol. The maximum Gasteiger partial charge on any atom is 0.0782 e. The maximum absolute atomic E-state index is 9.09. The van der Waals surface area contributed by atoms with Crippen molar-refractivity contribution in [2.75, 3.05) is 5.88 Å². The Labute approximate surface area is 48.3 Å². The molecular formula is C5H9ClO. The fourth-order valence-corrected chi connectivity index (χ4v) is 0.986. The van der Waals surface area contributed by atoms with Crippen molar-refractivity contribution >= 4 is 11.6 Å². The van der Waals surface area contributed by atoms with Gasteiger partial charge in [-0.1, -0.05) is 0 Å². The molecule has 1 aliphatic rings. The van der Waals surface area contributed by atoms with Crippen molar-refractivity contribution in [1.82, 2.24) is 0 Å². The van der Waals surface area contributed by atoms with Crippen molar-refractivity contribution in [3.63, 3.8) is 0 Å². The van der Waals surface area contributed by atoms with Crippen molar-refractivity contribution in [3.8, 4) is 0 Å². The van der Waals surface area contributed by atoms with Gasteiger partial charge >= 0.3 is 0 Å². The topological polar surface area (TPSA) is 20.2 Å². The third-order valence-electron chi connectivity index (χ3n) is 1.53. The first-order chi connectivity index (χ1) is 3.27. The van der Waals surface area contributed by atoms with Gasteiger partial charge < -0.3 is 5.11 Å². The van der Waals surface area contributed by atoms with E-state index in [1.165, 1.54) is 0 Å². The van der Waals surface area contributed by atoms with Crippen molar-refractivity contribution in [2.24, 2.45) is 0 Å². The predicted molar refractivity (Wildman–Crippen MR) is 29.5 cm³/mol. The molecule has 0 radical (unpaired) electrons. The summed E-state index contributed by atoms with van der Waals surface area (Å²) in [4.78, 5) is 0. The largest absolute Gasteiger partial charge is 0.389 e. The van der Waals surface area contributed by atoms with E-state index in [0.29, 0.717) is 5.88 Å². The Morgan fingerprint density at radius 3 is 2.14 bits per heavy atom. The van der Waals surface area contributed by atoms with Crippen LogP contribution in [0.2, 0.25) is 0 Å². The van der Waals surface area contributed by atoms with Gasteiger partial charge in [0, 0.05) is 0 Å². The molecule has 42 valence electrons. The van der Waals surface area contributed by atoms with Crippen LogP contribution in [0.25, 0.3) is 0 Å². The van der Waals surface area contributed by atoms with Crippen LogP contribution in [0.3, 0.4) is 0 Å². The Kier molecular flexibility index (Phi) is 1.26. The van der Waals surface area contributed by atoms with E-state index >= 15 is 0 Å². The van der Waals surface area contributed by atoms with E-state index in [1.54, 1.807) is 0 Å². The van der Waals surface area contributed by atoms with E-state index in [4.69, 9.17) is 16.7 Å². The van der Waals surface area contributed by atoms with Gasteiger partial charge in [0.2, 0.25) is 0 Å². The zero-order chi connectivity index (χ0) is 5.33. The highest BCUT2D eigenvalue weighted by Gasteiger charge is 2.32. The third kappa shape index (κ3) is 0.892. The molecule has 1 fully saturated rings. The van der Waals surface area contributed by atoms with Crippen LogP contribution < -0.4 is 0 Å². The molecule has 0 bridgehead atoms. The molecule has 0 heterocycles. The van der Waals surface area contributed by atoms with E-state index < -0.39 is 5.60 Å². The summed E-state index contributed by atoms with van der Waals surface area (Å²) in [5, 5.41) is 9.09. The first kappa shape index (κ1) is 5.39. The number of rotatable bonds is 1. The zero-order valence-electron chi connectivity index (χ0n) is 4.15. The van der Waals surface area contributed by atoms with E-state index in [0.717, 1.165) is 19.3 Å². The van der Waals surface area contributed by atoms with Gasteiger partial charge in [-0.25, -0.2) is 0 Å². The molecule has 0 aromatic rings. The molecule has 0 atom stereocenters. The lowest BCUT2D eigenvalue weighted by atomic mass is 9.82. The molecule has 1 aliphatic carbocycles. The lowest BCUT2D eigenvalue weighted by Crippen LogP contribution is -2.38. The lowest BCUT2D eigenvalue weighted by Gasteiger charge is -2.34. The smallest absolute Gasteiger partial charge is 0.0782 e. The Morgan fingerprint density at radius 1 is 1.57 bits per heavy atom. The molecule has 1 rings (SSSR count). The Hall–Kier alpha value is 0.250. The summed E-state index contributed by atoms with van der Waals surface area (Å²) >= 11 is 5.39. The molecule has 0 aromatic carbocycles. The quantitative estimate of drug-likeness (QED) is 0.515. The van der Waals surface area contributed by atoms with Gasteiger partial charge in [0.25, 0.3) is 0 Å². The Bertz CT molecular complexity index is 63.0. The van der Waals surface area contributed by atoms with Gasteiger partial charge in [-0.2, -0.15) is 0 Å². The zero-order valence-corrected chi connectivity index (χ0v) is 4.91. The van der Waals surface area contributed by atoms with Crippen molar-refractivity contribution in [1.29, 1.82) is 0 Å². The van der Waals surface area contributed by atoms with Gasteiger partial charge in [0.05, 0.1) is 11.5 Å². The highest BCUT2D eigenvalue weighted by molar-refractivity contribution is 6.18. The fourth-order valence-electron chi connectivity index (χ4n) is 0.719. The molecule has 1 nitrogen and oxygen atoms in total. The minimum Gasteiger partial charge on any atom is -0.389 e. The van der Waals surface area contributed by atoms with Crippen LogP contribution in [-0.4, -0.2) is 16.6 Å². The molecule has 0 aromatic heterocycles. The summed E-state index contributed by atoms with van der Waals surface area (Å²) in [7, 11) is 0. The van der Waals surface area contributed by atoms with E-state index in [2.05, 4.69) is 0 Å². The van der Waals surface area contributed by atoms with Crippen LogP contribution in [-0.2, 0) is 0 Å². The van der Waals surface area contributed by atoms with E-state index in [1.807, 2.05) is 0 Å². The van der Waals surface area contributed by atoms with Crippen LogP contribution in [0.1, 0.15) is 19.3 Å². The van der Waals surface area contributed by atoms with E-state index in [-0.39, 0.29) is 0 Å². The van der Waals surface area contributed by atoms with Crippen LogP contribution in [0, 0.1) is 0 Å². The maximum atomic E-state index is 9.09. The van der Waals surface area contributed by atoms with Crippen molar-refractivity contribution in [2.45, 2.75) is 24.9 Å². The molecule has 1 N–H and O–H groups in total. The lowest BCUT2D eigenvalue weighted by molar-refractivity contribution is -0.0112. The minimum absolute atomic E-state index is 0.410. The van der Waals surface area contributed by atoms with Gasteiger partial charge in [-0.05, 0) is 19.3 Å². The summed E-state index contributed by atoms with van der Waals surface area (Å²) in [6.07, 6.45) is 2.94. The molecule has 1 saturated carbocycles. The first-order valence-electron chi connectivity index (χ1n) is 2.55. The van der Waals surface area contributed by atoms with Crippen LogP contribution >= 0.6 is 11.6 Å². The summed E-state index contributed by atoms with van der Waals surface area (Å²) in [5.41, 5.74) is -0.471. The first-order valence-corrected chi connectivity index (χ1v) is 3.09. The van der Waals surface area contributed by atoms with Gasteiger partial charge in [0.15, 0.2) is 0 Å². The molecule has 0 spiro atoms. The fraction of sp³-hybridized carbons (Fsp3) is 1.00. The third-order valence-corrected chi connectivity index (χ3v) is 2.03. The van der Waals surface area contributed by atoms with Gasteiger partial charge in [-0.15, -0.1) is 11.6 Å². The van der Waals surface area contributed by atoms with Crippen molar-refractivity contribution in [3.05, 3.63) is 0 Å². The van der Waals surface area contributed by atoms with Crippen LogP contribution in [0.5, 0.6) is 0 Å². The molecule has 2 heteroatoms. The van der Waals surface area contributed by atoms with Crippen LogP contribution in [0.4, 0.5) is 0 Å². The summed E-state index contributed by atoms with van der Waals surface area (Å²) in [6, 6.07) is 0. The second-order valence-corrected chi connectivity index (χ2v) is 2.48. The summed E-state index contributed by atoms with van der Waals surface area (Å²) < 4.78 is 0. The number of hydrogen-bond donors (Lipinski definition) is 1. The molecule has 7 heavy (non-hydrogen) atoms. The van der Waals surface area contributed by atoms with Crippen molar-refractivity contribution < 1.29 is 5.11 Å².